The van der Waals surface area contributed by atoms with Crippen molar-refractivity contribution in [3.8, 4) is 11.3 Å². The van der Waals surface area contributed by atoms with Crippen LogP contribution in [0.3, 0.4) is 0 Å². The largest absolute Gasteiger partial charge is 0.439 e. The van der Waals surface area contributed by atoms with Gasteiger partial charge in [0.05, 0.1) is 17.3 Å². The molecule has 5 heteroatoms. The zero-order valence-electron chi connectivity index (χ0n) is 10.2. The van der Waals surface area contributed by atoms with Crippen molar-refractivity contribution in [2.45, 2.75) is 19.9 Å². The van der Waals surface area contributed by atoms with E-state index in [-0.39, 0.29) is 11.1 Å². The Hall–Kier alpha value is -1.39. The summed E-state index contributed by atoms with van der Waals surface area (Å²) in [5, 5.41) is 3.28. The summed E-state index contributed by atoms with van der Waals surface area (Å²) in [5.74, 6) is 0.741. The summed E-state index contributed by atoms with van der Waals surface area (Å²) >= 11 is 5.73. The zero-order valence-corrected chi connectivity index (χ0v) is 11.0. The van der Waals surface area contributed by atoms with Crippen LogP contribution in [0, 0.1) is 5.82 Å². The maximum Gasteiger partial charge on any atom is 0.211 e. The van der Waals surface area contributed by atoms with E-state index in [0.29, 0.717) is 17.2 Å². The van der Waals surface area contributed by atoms with Crippen LogP contribution in [-0.4, -0.2) is 11.5 Å². The number of hydrogen-bond donors (Lipinski definition) is 1. The van der Waals surface area contributed by atoms with Crippen molar-refractivity contribution < 1.29 is 8.81 Å². The van der Waals surface area contributed by atoms with Gasteiger partial charge in [-0.3, -0.25) is 0 Å². The van der Waals surface area contributed by atoms with Crippen LogP contribution in [0.2, 0.25) is 5.02 Å². The quantitative estimate of drug-likeness (QED) is 0.916. The maximum absolute atomic E-state index is 13.1. The molecule has 1 N–H and O–H groups in total. The van der Waals surface area contributed by atoms with Crippen molar-refractivity contribution in [3.05, 3.63) is 41.1 Å². The smallest absolute Gasteiger partial charge is 0.211 e. The van der Waals surface area contributed by atoms with E-state index in [1.54, 1.807) is 12.3 Å². The number of halogens is 2. The first kappa shape index (κ1) is 13.1. The van der Waals surface area contributed by atoms with E-state index >= 15 is 0 Å². The first-order chi connectivity index (χ1) is 8.61. The van der Waals surface area contributed by atoms with Gasteiger partial charge < -0.3 is 9.73 Å². The average molecular weight is 269 g/mol. The summed E-state index contributed by atoms with van der Waals surface area (Å²) in [6.07, 6.45) is 1.62. The van der Waals surface area contributed by atoms with Gasteiger partial charge in [-0.1, -0.05) is 18.5 Å². The van der Waals surface area contributed by atoms with Crippen molar-refractivity contribution in [3.63, 3.8) is 0 Å². The molecule has 0 bridgehead atoms. The minimum absolute atomic E-state index is 0.0414. The van der Waals surface area contributed by atoms with Crippen LogP contribution < -0.4 is 5.32 Å². The first-order valence-electron chi connectivity index (χ1n) is 5.76. The molecule has 18 heavy (non-hydrogen) atoms. The number of nitrogens with zero attached hydrogens (tertiary/aromatic N) is 1. The Morgan fingerprint density at radius 1 is 1.50 bits per heavy atom. The predicted octanol–water partition coefficient (Wildman–Crippen LogP) is 3.80. The molecule has 2 rings (SSSR count). The Morgan fingerprint density at radius 3 is 2.94 bits per heavy atom. The lowest BCUT2D eigenvalue weighted by atomic mass is 10.2. The van der Waals surface area contributed by atoms with Crippen molar-refractivity contribution in [2.24, 2.45) is 0 Å². The second kappa shape index (κ2) is 5.50. The molecule has 0 aliphatic rings. The summed E-state index contributed by atoms with van der Waals surface area (Å²) in [6, 6.07) is 4.50. The lowest BCUT2D eigenvalue weighted by Gasteiger charge is -2.06. The Balaban J connectivity index is 2.26. The minimum atomic E-state index is -0.443. The van der Waals surface area contributed by atoms with Gasteiger partial charge in [0, 0.05) is 5.56 Å². The number of rotatable bonds is 4. The highest BCUT2D eigenvalue weighted by Gasteiger charge is 2.13. The first-order valence-corrected chi connectivity index (χ1v) is 6.14. The van der Waals surface area contributed by atoms with Gasteiger partial charge in [-0.05, 0) is 31.7 Å². The van der Waals surface area contributed by atoms with E-state index < -0.39 is 5.82 Å². The van der Waals surface area contributed by atoms with Crippen LogP contribution in [0.5, 0.6) is 0 Å². The number of hydrogen-bond acceptors (Lipinski definition) is 3. The maximum atomic E-state index is 13.1. The van der Waals surface area contributed by atoms with Crippen LogP contribution in [0.25, 0.3) is 11.3 Å². The molecule has 1 heterocycles. The summed E-state index contributed by atoms with van der Waals surface area (Å²) in [6.45, 7) is 4.82. The fourth-order valence-corrected chi connectivity index (χ4v) is 1.84. The van der Waals surface area contributed by atoms with E-state index in [4.69, 9.17) is 16.0 Å². The van der Waals surface area contributed by atoms with Gasteiger partial charge in [-0.15, -0.1) is 0 Å². The molecule has 96 valence electrons. The van der Waals surface area contributed by atoms with Crippen LogP contribution >= 0.6 is 11.6 Å². The Morgan fingerprint density at radius 2 is 2.28 bits per heavy atom. The topological polar surface area (TPSA) is 38.1 Å². The molecule has 0 spiro atoms. The molecule has 1 atom stereocenters. The standard InChI is InChI=1S/C13H14ClFN2O/c1-3-16-8(2)13-17-7-12(18-13)9-4-5-11(15)10(14)6-9/h4-8,16H,3H2,1-2H3. The molecule has 1 aromatic heterocycles. The summed E-state index contributed by atoms with van der Waals surface area (Å²) in [7, 11) is 0. The number of benzene rings is 1. The molecule has 0 radical (unpaired) electrons. The van der Waals surface area contributed by atoms with Crippen molar-refractivity contribution in [2.75, 3.05) is 6.54 Å². The molecule has 1 unspecified atom stereocenters. The monoisotopic (exact) mass is 268 g/mol. The number of aromatic nitrogens is 1. The third kappa shape index (κ3) is 2.71. The van der Waals surface area contributed by atoms with E-state index in [2.05, 4.69) is 10.3 Å². The fourth-order valence-electron chi connectivity index (χ4n) is 1.66. The number of oxazole rings is 1. The molecule has 1 aromatic carbocycles. The zero-order chi connectivity index (χ0) is 13.1. The summed E-state index contributed by atoms with van der Waals surface area (Å²) < 4.78 is 18.7. The SMILES string of the molecule is CCNC(C)c1ncc(-c2ccc(F)c(Cl)c2)o1. The molecule has 0 aliphatic carbocycles. The molecule has 3 nitrogen and oxygen atoms in total. The fraction of sp³-hybridized carbons (Fsp3) is 0.308. The van der Waals surface area contributed by atoms with E-state index in [9.17, 15) is 4.39 Å². The lowest BCUT2D eigenvalue weighted by molar-refractivity contribution is 0.429. The summed E-state index contributed by atoms with van der Waals surface area (Å²) in [5.41, 5.74) is 0.712. The van der Waals surface area contributed by atoms with E-state index in [1.165, 1.54) is 12.1 Å². The molecule has 0 saturated carbocycles. The van der Waals surface area contributed by atoms with Crippen LogP contribution in [0.1, 0.15) is 25.8 Å². The number of nitrogens with one attached hydrogen (secondary N) is 1. The Kier molecular flexibility index (Phi) is 3.99. The lowest BCUT2D eigenvalue weighted by Crippen LogP contribution is -2.17. The Labute approximate surface area is 110 Å². The van der Waals surface area contributed by atoms with Crippen molar-refractivity contribution in [1.82, 2.24) is 10.3 Å². The average Bonchev–Trinajstić information content (AvgIpc) is 2.82. The highest BCUT2D eigenvalue weighted by atomic mass is 35.5. The molecule has 2 aromatic rings. The summed E-state index contributed by atoms with van der Waals surface area (Å²) in [4.78, 5) is 4.20. The third-order valence-corrected chi connectivity index (χ3v) is 2.90. The third-order valence-electron chi connectivity index (χ3n) is 2.61. The van der Waals surface area contributed by atoms with Gasteiger partial charge >= 0.3 is 0 Å². The van der Waals surface area contributed by atoms with E-state index in [0.717, 1.165) is 6.54 Å². The van der Waals surface area contributed by atoms with Gasteiger partial charge in [0.25, 0.3) is 0 Å². The van der Waals surface area contributed by atoms with Gasteiger partial charge in [-0.25, -0.2) is 9.37 Å². The second-order valence-corrected chi connectivity index (χ2v) is 4.38. The van der Waals surface area contributed by atoms with Crippen LogP contribution in [0.4, 0.5) is 4.39 Å². The second-order valence-electron chi connectivity index (χ2n) is 3.97. The molecule has 0 fully saturated rings. The highest BCUT2D eigenvalue weighted by molar-refractivity contribution is 6.31. The van der Waals surface area contributed by atoms with Crippen molar-refractivity contribution in [1.29, 1.82) is 0 Å². The molecular formula is C13H14ClFN2O. The van der Waals surface area contributed by atoms with Gasteiger partial charge in [0.2, 0.25) is 5.89 Å². The molecule has 0 aliphatic heterocycles. The van der Waals surface area contributed by atoms with Crippen LogP contribution in [0.15, 0.2) is 28.8 Å². The highest BCUT2D eigenvalue weighted by Crippen LogP contribution is 2.26. The molecule has 0 saturated heterocycles. The molecular weight excluding hydrogens is 255 g/mol. The molecule has 0 amide bonds. The normalized spacial score (nSPS) is 12.7. The van der Waals surface area contributed by atoms with Crippen LogP contribution in [-0.2, 0) is 0 Å². The van der Waals surface area contributed by atoms with Gasteiger partial charge in [0.1, 0.15) is 5.82 Å². The Bertz CT molecular complexity index is 542. The van der Waals surface area contributed by atoms with Gasteiger partial charge in [0.15, 0.2) is 5.76 Å². The minimum Gasteiger partial charge on any atom is -0.439 e. The van der Waals surface area contributed by atoms with Gasteiger partial charge in [-0.2, -0.15) is 0 Å². The van der Waals surface area contributed by atoms with E-state index in [1.807, 2.05) is 13.8 Å². The predicted molar refractivity (Wildman–Crippen MR) is 69.0 cm³/mol. The van der Waals surface area contributed by atoms with Crippen molar-refractivity contribution >= 4 is 11.6 Å².